The number of rotatable bonds is 6. The molecule has 1 heterocycles. The van der Waals surface area contributed by atoms with Crippen molar-refractivity contribution in [3.05, 3.63) is 58.6 Å². The number of halogens is 1. The third kappa shape index (κ3) is 4.34. The summed E-state index contributed by atoms with van der Waals surface area (Å²) in [6.07, 6.45) is 2.32. The largest absolute Gasteiger partial charge is 0.490 e. The number of hydrogen-bond donors (Lipinski definition) is 1. The first-order valence-corrected chi connectivity index (χ1v) is 10.3. The van der Waals surface area contributed by atoms with Crippen LogP contribution in [0, 0.1) is 6.92 Å². The van der Waals surface area contributed by atoms with Gasteiger partial charge in [0.25, 0.3) is 0 Å². The van der Waals surface area contributed by atoms with Gasteiger partial charge in [-0.25, -0.2) is 0 Å². The summed E-state index contributed by atoms with van der Waals surface area (Å²) < 4.78 is 11.5. The van der Waals surface area contributed by atoms with Gasteiger partial charge in [-0.15, -0.1) is 0 Å². The average molecular weight is 402 g/mol. The maximum absolute atomic E-state index is 13.4. The Bertz CT molecular complexity index is 830. The molecule has 0 radical (unpaired) electrons. The van der Waals surface area contributed by atoms with Gasteiger partial charge in [-0.1, -0.05) is 36.7 Å². The topological polar surface area (TPSA) is 47.6 Å². The standard InChI is InChI=1S/C23H28ClNO3/c1-4-17(3)28-21-10-9-18(15-16(21)2)25-22(26)23(11-13-27-14-12-23)19-7-5-6-8-20(19)24/h5-10,15,17H,4,11-14H2,1-3H3,(H,25,26). The molecule has 1 aliphatic heterocycles. The van der Waals surface area contributed by atoms with Gasteiger partial charge in [0.2, 0.25) is 5.91 Å². The quantitative estimate of drug-likeness (QED) is 0.693. The molecule has 1 atom stereocenters. The zero-order chi connectivity index (χ0) is 20.1. The fourth-order valence-corrected chi connectivity index (χ4v) is 3.91. The van der Waals surface area contributed by atoms with Gasteiger partial charge in [-0.05, 0) is 68.5 Å². The predicted octanol–water partition coefficient (Wildman–Crippen LogP) is 5.51. The van der Waals surface area contributed by atoms with Gasteiger partial charge in [-0.2, -0.15) is 0 Å². The van der Waals surface area contributed by atoms with Crippen molar-refractivity contribution in [1.82, 2.24) is 0 Å². The van der Waals surface area contributed by atoms with E-state index < -0.39 is 5.41 Å². The van der Waals surface area contributed by atoms with E-state index in [0.717, 1.165) is 29.0 Å². The van der Waals surface area contributed by atoms with Gasteiger partial charge < -0.3 is 14.8 Å². The molecule has 150 valence electrons. The minimum absolute atomic E-state index is 0.0427. The second-order valence-corrected chi connectivity index (χ2v) is 7.85. The maximum Gasteiger partial charge on any atom is 0.235 e. The Morgan fingerprint density at radius 1 is 1.25 bits per heavy atom. The van der Waals surface area contributed by atoms with E-state index in [-0.39, 0.29) is 12.0 Å². The summed E-state index contributed by atoms with van der Waals surface area (Å²) in [6.45, 7) is 7.22. The molecule has 2 aromatic carbocycles. The van der Waals surface area contributed by atoms with Crippen LogP contribution in [0.25, 0.3) is 0 Å². The normalized spacial score (nSPS) is 17.0. The van der Waals surface area contributed by atoms with Gasteiger partial charge in [0.1, 0.15) is 5.75 Å². The van der Waals surface area contributed by atoms with Crippen LogP contribution in [0.5, 0.6) is 5.75 Å². The van der Waals surface area contributed by atoms with Crippen LogP contribution in [-0.2, 0) is 14.9 Å². The lowest BCUT2D eigenvalue weighted by Crippen LogP contribution is -2.45. The molecule has 4 nitrogen and oxygen atoms in total. The molecule has 1 amide bonds. The zero-order valence-corrected chi connectivity index (χ0v) is 17.5. The van der Waals surface area contributed by atoms with Crippen LogP contribution < -0.4 is 10.1 Å². The first-order chi connectivity index (χ1) is 13.5. The zero-order valence-electron chi connectivity index (χ0n) is 16.8. The van der Waals surface area contributed by atoms with E-state index in [9.17, 15) is 4.79 Å². The molecule has 0 spiro atoms. The number of ether oxygens (including phenoxy) is 2. The molecule has 0 aromatic heterocycles. The third-order valence-electron chi connectivity index (χ3n) is 5.51. The summed E-state index contributed by atoms with van der Waals surface area (Å²) in [7, 11) is 0. The molecular weight excluding hydrogens is 374 g/mol. The minimum atomic E-state index is -0.684. The summed E-state index contributed by atoms with van der Waals surface area (Å²) in [6, 6.07) is 13.4. The van der Waals surface area contributed by atoms with Crippen LogP contribution in [0.3, 0.4) is 0 Å². The molecule has 5 heteroatoms. The molecule has 1 fully saturated rings. The Labute approximate surface area is 172 Å². The molecule has 1 aliphatic rings. The molecule has 3 rings (SSSR count). The number of carbonyl (C=O) groups excluding carboxylic acids is 1. The molecule has 2 aromatic rings. The highest BCUT2D eigenvalue weighted by Crippen LogP contribution is 2.39. The predicted molar refractivity (Wildman–Crippen MR) is 113 cm³/mol. The number of amides is 1. The fraction of sp³-hybridized carbons (Fsp3) is 0.435. The summed E-state index contributed by atoms with van der Waals surface area (Å²) in [5.41, 5.74) is 1.94. The summed E-state index contributed by atoms with van der Waals surface area (Å²) >= 11 is 6.46. The Morgan fingerprint density at radius 3 is 2.61 bits per heavy atom. The summed E-state index contributed by atoms with van der Waals surface area (Å²) in [5, 5.41) is 3.72. The molecule has 1 unspecified atom stereocenters. The molecule has 1 saturated heterocycles. The van der Waals surface area contributed by atoms with Crippen molar-refractivity contribution in [3.8, 4) is 5.75 Å². The number of nitrogens with one attached hydrogen (secondary N) is 1. The molecule has 0 bridgehead atoms. The molecule has 28 heavy (non-hydrogen) atoms. The van der Waals surface area contributed by atoms with Crippen molar-refractivity contribution in [2.45, 2.75) is 51.6 Å². The van der Waals surface area contributed by atoms with Gasteiger partial charge in [0.15, 0.2) is 0 Å². The van der Waals surface area contributed by atoms with Crippen LogP contribution in [0.2, 0.25) is 5.02 Å². The van der Waals surface area contributed by atoms with Gasteiger partial charge in [0, 0.05) is 23.9 Å². The first-order valence-electron chi connectivity index (χ1n) is 9.88. The van der Waals surface area contributed by atoms with E-state index in [2.05, 4.69) is 12.2 Å². The second kappa shape index (κ2) is 8.97. The highest BCUT2D eigenvalue weighted by Gasteiger charge is 2.43. The van der Waals surface area contributed by atoms with Gasteiger partial charge in [0.05, 0.1) is 11.5 Å². The van der Waals surface area contributed by atoms with Crippen LogP contribution in [0.4, 0.5) is 5.69 Å². The van der Waals surface area contributed by atoms with E-state index >= 15 is 0 Å². The Balaban J connectivity index is 1.85. The number of hydrogen-bond acceptors (Lipinski definition) is 3. The number of aryl methyl sites for hydroxylation is 1. The third-order valence-corrected chi connectivity index (χ3v) is 5.84. The summed E-state index contributed by atoms with van der Waals surface area (Å²) in [5.74, 6) is 0.804. The van der Waals surface area contributed by atoms with E-state index in [0.29, 0.717) is 31.1 Å². The van der Waals surface area contributed by atoms with Crippen molar-refractivity contribution >= 4 is 23.2 Å². The van der Waals surface area contributed by atoms with E-state index in [1.165, 1.54) is 0 Å². The lowest BCUT2D eigenvalue weighted by Gasteiger charge is -2.36. The maximum atomic E-state index is 13.4. The van der Waals surface area contributed by atoms with Crippen LogP contribution in [-0.4, -0.2) is 25.2 Å². The minimum Gasteiger partial charge on any atom is -0.490 e. The van der Waals surface area contributed by atoms with Crippen LogP contribution in [0.1, 0.15) is 44.2 Å². The number of anilines is 1. The molecular formula is C23H28ClNO3. The molecule has 0 saturated carbocycles. The average Bonchev–Trinajstić information content (AvgIpc) is 2.70. The SMILES string of the molecule is CCC(C)Oc1ccc(NC(=O)C2(c3ccccc3Cl)CCOCC2)cc1C. The molecule has 0 aliphatic carbocycles. The highest BCUT2D eigenvalue weighted by atomic mass is 35.5. The van der Waals surface area contributed by atoms with Crippen molar-refractivity contribution in [2.24, 2.45) is 0 Å². The van der Waals surface area contributed by atoms with Crippen molar-refractivity contribution < 1.29 is 14.3 Å². The monoisotopic (exact) mass is 401 g/mol. The number of carbonyl (C=O) groups is 1. The molecule has 1 N–H and O–H groups in total. The highest BCUT2D eigenvalue weighted by molar-refractivity contribution is 6.31. The van der Waals surface area contributed by atoms with Crippen LogP contribution in [0.15, 0.2) is 42.5 Å². The Kier molecular flexibility index (Phi) is 6.63. The fourth-order valence-electron chi connectivity index (χ4n) is 3.60. The Hall–Kier alpha value is -2.04. The smallest absolute Gasteiger partial charge is 0.235 e. The van der Waals surface area contributed by atoms with Crippen LogP contribution >= 0.6 is 11.6 Å². The van der Waals surface area contributed by atoms with Crippen molar-refractivity contribution in [2.75, 3.05) is 18.5 Å². The van der Waals surface area contributed by atoms with E-state index in [1.807, 2.05) is 56.3 Å². The second-order valence-electron chi connectivity index (χ2n) is 7.45. The summed E-state index contributed by atoms with van der Waals surface area (Å²) in [4.78, 5) is 13.4. The van der Waals surface area contributed by atoms with Crippen molar-refractivity contribution in [1.29, 1.82) is 0 Å². The first kappa shape index (κ1) is 20.7. The van der Waals surface area contributed by atoms with E-state index in [1.54, 1.807) is 0 Å². The lowest BCUT2D eigenvalue weighted by molar-refractivity contribution is -0.125. The van der Waals surface area contributed by atoms with E-state index in [4.69, 9.17) is 21.1 Å². The Morgan fingerprint density at radius 2 is 1.96 bits per heavy atom. The van der Waals surface area contributed by atoms with Gasteiger partial charge >= 0.3 is 0 Å². The van der Waals surface area contributed by atoms with Gasteiger partial charge in [-0.3, -0.25) is 4.79 Å². The number of benzene rings is 2. The van der Waals surface area contributed by atoms with Crippen molar-refractivity contribution in [3.63, 3.8) is 0 Å². The lowest BCUT2D eigenvalue weighted by atomic mass is 9.73.